The lowest BCUT2D eigenvalue weighted by Crippen LogP contribution is -2.49. The zero-order chi connectivity index (χ0) is 27.2. The molecule has 0 fully saturated rings. The Labute approximate surface area is 217 Å². The van der Waals surface area contributed by atoms with Crippen LogP contribution in [-0.4, -0.2) is 65.4 Å². The van der Waals surface area contributed by atoms with Gasteiger partial charge in [-0.05, 0) is 56.9 Å². The number of benzene rings is 1. The Hall–Kier alpha value is -3.31. The number of carbonyl (C=O) groups is 2. The number of nitrogens with one attached hydrogen (secondary N) is 1. The van der Waals surface area contributed by atoms with Crippen LogP contribution in [0.25, 0.3) is 11.4 Å². The zero-order valence-electron chi connectivity index (χ0n) is 21.9. The molecule has 37 heavy (non-hydrogen) atoms. The lowest BCUT2D eigenvalue weighted by atomic mass is 10.0. The molecular weight excluding hydrogens is 496 g/mol. The minimum Gasteiger partial charge on any atom is -0.465 e. The standard InChI is InChI=1S/C26H34N4O6S/c1-6-35-24(31)16-30(23(14-17(3)4)26(32)36-7-2)37(33,34)20-10-8-19(9-11-20)15-22-25-21(12-13-27-22)28-18(5)29-25/h8-13,17,23,27H,6-7,14-16H2,1-5H3/t23-/m0/s1. The Morgan fingerprint density at radius 1 is 1.03 bits per heavy atom. The molecule has 0 amide bonds. The van der Waals surface area contributed by atoms with Crippen LogP contribution in [0.4, 0.5) is 0 Å². The number of aromatic nitrogens is 3. The Kier molecular flexibility index (Phi) is 9.39. The maximum atomic E-state index is 13.7. The number of hydrogen-bond acceptors (Lipinski definition) is 8. The number of esters is 2. The van der Waals surface area contributed by atoms with Gasteiger partial charge in [0.1, 0.15) is 24.1 Å². The fourth-order valence-corrected chi connectivity index (χ4v) is 5.60. The number of hydrogen-bond donors (Lipinski definition) is 1. The average molecular weight is 531 g/mol. The van der Waals surface area contributed by atoms with Gasteiger partial charge in [-0.15, -0.1) is 0 Å². The second-order valence-corrected chi connectivity index (χ2v) is 10.9. The van der Waals surface area contributed by atoms with Crippen molar-refractivity contribution in [3.8, 4) is 11.4 Å². The lowest BCUT2D eigenvalue weighted by Gasteiger charge is -2.29. The highest BCUT2D eigenvalue weighted by molar-refractivity contribution is 7.89. The number of sulfonamides is 1. The monoisotopic (exact) mass is 530 g/mol. The van der Waals surface area contributed by atoms with Crippen LogP contribution in [0.3, 0.4) is 0 Å². The molecule has 0 bridgehead atoms. The van der Waals surface area contributed by atoms with Gasteiger partial charge in [-0.25, -0.2) is 18.4 Å². The van der Waals surface area contributed by atoms with Crippen LogP contribution in [0.1, 0.15) is 51.2 Å². The summed E-state index contributed by atoms with van der Waals surface area (Å²) in [6, 6.07) is 7.04. The van der Waals surface area contributed by atoms with Gasteiger partial charge >= 0.3 is 11.9 Å². The Balaban J connectivity index is 1.93. The first-order valence-electron chi connectivity index (χ1n) is 12.3. The number of aryl methyl sites for hydroxylation is 1. The van der Waals surface area contributed by atoms with Gasteiger partial charge in [0.05, 0.1) is 23.8 Å². The van der Waals surface area contributed by atoms with Gasteiger partial charge in [0.15, 0.2) is 0 Å². The summed E-state index contributed by atoms with van der Waals surface area (Å²) < 4.78 is 38.5. The van der Waals surface area contributed by atoms with Crippen LogP contribution in [0.2, 0.25) is 0 Å². The Morgan fingerprint density at radius 3 is 2.32 bits per heavy atom. The first-order chi connectivity index (χ1) is 17.6. The molecule has 0 aromatic heterocycles. The van der Waals surface area contributed by atoms with E-state index in [1.54, 1.807) is 32.2 Å². The number of H-pyrrole nitrogens is 1. The van der Waals surface area contributed by atoms with Crippen LogP contribution < -0.4 is 0 Å². The van der Waals surface area contributed by atoms with E-state index >= 15 is 0 Å². The summed E-state index contributed by atoms with van der Waals surface area (Å²) in [6.07, 6.45) is 2.47. The largest absolute Gasteiger partial charge is 0.465 e. The number of carbonyl (C=O) groups excluding carboxylic acids is 2. The third-order valence-corrected chi connectivity index (χ3v) is 7.55. The van der Waals surface area contributed by atoms with E-state index in [0.29, 0.717) is 12.2 Å². The Bertz CT molecular complexity index is 1290. The maximum Gasteiger partial charge on any atom is 0.324 e. The second kappa shape index (κ2) is 12.3. The molecular formula is C26H34N4O6S. The van der Waals surface area contributed by atoms with Gasteiger partial charge in [0, 0.05) is 18.3 Å². The van der Waals surface area contributed by atoms with E-state index in [0.717, 1.165) is 27.0 Å². The van der Waals surface area contributed by atoms with Crippen LogP contribution in [0.15, 0.2) is 41.4 Å². The molecule has 0 radical (unpaired) electrons. The molecule has 2 heterocycles. The average Bonchev–Trinajstić information content (AvgIpc) is 3.23. The van der Waals surface area contributed by atoms with Crippen molar-refractivity contribution in [2.24, 2.45) is 5.92 Å². The lowest BCUT2D eigenvalue weighted by molar-refractivity contribution is -0.150. The molecule has 0 spiro atoms. The number of fused-ring (bicyclic) bond motifs is 1. The molecule has 11 heteroatoms. The molecule has 1 N–H and O–H groups in total. The van der Waals surface area contributed by atoms with E-state index in [1.165, 1.54) is 12.1 Å². The highest BCUT2D eigenvalue weighted by Crippen LogP contribution is 2.26. The van der Waals surface area contributed by atoms with E-state index in [9.17, 15) is 18.0 Å². The number of aromatic amines is 1. The number of imidazole rings is 1. The third-order valence-electron chi connectivity index (χ3n) is 5.69. The van der Waals surface area contributed by atoms with E-state index in [2.05, 4.69) is 15.0 Å². The topological polar surface area (TPSA) is 132 Å². The Morgan fingerprint density at radius 2 is 1.70 bits per heavy atom. The van der Waals surface area contributed by atoms with E-state index < -0.39 is 34.5 Å². The third kappa shape index (κ3) is 6.92. The maximum absolute atomic E-state index is 13.7. The summed E-state index contributed by atoms with van der Waals surface area (Å²) in [7, 11) is -4.24. The molecule has 1 aromatic rings. The molecule has 10 nitrogen and oxygen atoms in total. The number of ether oxygens (including phenoxy) is 2. The number of pyridine rings is 1. The van der Waals surface area contributed by atoms with Gasteiger partial charge in [-0.2, -0.15) is 4.31 Å². The van der Waals surface area contributed by atoms with Crippen molar-refractivity contribution in [1.82, 2.24) is 19.3 Å². The summed E-state index contributed by atoms with van der Waals surface area (Å²) >= 11 is 0. The highest BCUT2D eigenvalue weighted by atomic mass is 32.2. The van der Waals surface area contributed by atoms with Crippen LogP contribution in [0, 0.1) is 12.8 Å². The smallest absolute Gasteiger partial charge is 0.324 e. The normalized spacial score (nSPS) is 12.7. The van der Waals surface area contributed by atoms with Gasteiger partial charge in [0.2, 0.25) is 10.0 Å². The molecule has 1 atom stereocenters. The van der Waals surface area contributed by atoms with Crippen LogP contribution in [-0.2, 0) is 35.5 Å². The van der Waals surface area contributed by atoms with Gasteiger partial charge < -0.3 is 14.5 Å². The molecule has 0 saturated heterocycles. The van der Waals surface area contributed by atoms with Crippen LogP contribution >= 0.6 is 0 Å². The summed E-state index contributed by atoms with van der Waals surface area (Å²) in [5, 5.41) is 0. The SMILES string of the molecule is CCOC(=O)CN([C@@H](CC(C)C)C(=O)OCC)S(=O)(=O)c1ccc(Cc2[nH]ccc3nc(C)nc2-3)cc1. The fraction of sp³-hybridized carbons (Fsp3) is 0.462. The molecule has 1 aromatic carbocycles. The van der Waals surface area contributed by atoms with Crippen molar-refractivity contribution >= 4 is 22.0 Å². The minimum atomic E-state index is -4.24. The highest BCUT2D eigenvalue weighted by Gasteiger charge is 2.39. The molecule has 2 aliphatic heterocycles. The van der Waals surface area contributed by atoms with E-state index in [-0.39, 0.29) is 30.4 Å². The summed E-state index contributed by atoms with van der Waals surface area (Å²) in [5.74, 6) is -0.791. The summed E-state index contributed by atoms with van der Waals surface area (Å²) in [4.78, 5) is 37.2. The quantitative estimate of drug-likeness (QED) is 0.353. The van der Waals surface area contributed by atoms with Gasteiger partial charge in [-0.3, -0.25) is 9.59 Å². The van der Waals surface area contributed by atoms with Crippen molar-refractivity contribution in [2.75, 3.05) is 19.8 Å². The fourth-order valence-electron chi connectivity index (χ4n) is 4.07. The van der Waals surface area contributed by atoms with E-state index in [1.807, 2.05) is 26.8 Å². The van der Waals surface area contributed by atoms with Crippen molar-refractivity contribution in [2.45, 2.75) is 58.4 Å². The van der Waals surface area contributed by atoms with Crippen molar-refractivity contribution in [3.63, 3.8) is 0 Å². The number of nitrogens with zero attached hydrogens (tertiary/aromatic N) is 3. The summed E-state index contributed by atoms with van der Waals surface area (Å²) in [6.45, 7) is 8.42. The predicted molar refractivity (Wildman–Crippen MR) is 137 cm³/mol. The molecule has 0 saturated carbocycles. The summed E-state index contributed by atoms with van der Waals surface area (Å²) in [5.41, 5.74) is 3.26. The van der Waals surface area contributed by atoms with E-state index in [4.69, 9.17) is 9.47 Å². The first kappa shape index (κ1) is 28.3. The van der Waals surface area contributed by atoms with Gasteiger partial charge in [-0.1, -0.05) is 26.0 Å². The second-order valence-electron chi connectivity index (χ2n) is 9.03. The molecule has 0 unspecified atom stereocenters. The molecule has 0 aliphatic carbocycles. The van der Waals surface area contributed by atoms with Crippen LogP contribution in [0.5, 0.6) is 0 Å². The molecule has 2 aliphatic rings. The predicted octanol–water partition coefficient (Wildman–Crippen LogP) is 3.34. The van der Waals surface area contributed by atoms with Crippen molar-refractivity contribution < 1.29 is 27.5 Å². The zero-order valence-corrected chi connectivity index (χ0v) is 22.7. The number of rotatable bonds is 12. The van der Waals surface area contributed by atoms with Gasteiger partial charge in [0.25, 0.3) is 0 Å². The molecule has 200 valence electrons. The first-order valence-corrected chi connectivity index (χ1v) is 13.7. The van der Waals surface area contributed by atoms with Crippen molar-refractivity contribution in [3.05, 3.63) is 53.6 Å². The van der Waals surface area contributed by atoms with Crippen molar-refractivity contribution in [1.29, 1.82) is 0 Å². The molecule has 3 rings (SSSR count). The minimum absolute atomic E-state index is 0.0291.